The lowest BCUT2D eigenvalue weighted by atomic mass is 10.1. The second-order valence-electron chi connectivity index (χ2n) is 8.90. The van der Waals surface area contributed by atoms with Crippen LogP contribution in [0, 0.1) is 0 Å². The van der Waals surface area contributed by atoms with Gasteiger partial charge in [-0.3, -0.25) is 0 Å². The van der Waals surface area contributed by atoms with Crippen LogP contribution in [0.5, 0.6) is 0 Å². The molecular formula is C30H39NO2. The monoisotopic (exact) mass is 445 g/mol. The number of carbonyl (C=O) groups is 1. The molecule has 0 saturated heterocycles. The van der Waals surface area contributed by atoms with Crippen LogP contribution in [0.2, 0.25) is 0 Å². The lowest BCUT2D eigenvalue weighted by Gasteiger charge is -2.24. The summed E-state index contributed by atoms with van der Waals surface area (Å²) in [4.78, 5) is 14.7. The summed E-state index contributed by atoms with van der Waals surface area (Å²) in [7, 11) is 0. The van der Waals surface area contributed by atoms with Crippen molar-refractivity contribution in [3.05, 3.63) is 95.6 Å². The zero-order chi connectivity index (χ0) is 24.1. The molecule has 0 N–H and O–H groups in total. The summed E-state index contributed by atoms with van der Waals surface area (Å²) in [5, 5.41) is 0. The molecule has 2 aromatic carbocycles. The van der Waals surface area contributed by atoms with E-state index in [9.17, 15) is 4.79 Å². The Bertz CT molecular complexity index is 898. The first-order valence-corrected chi connectivity index (χ1v) is 11.9. The number of benzene rings is 2. The van der Waals surface area contributed by atoms with Gasteiger partial charge in [0.1, 0.15) is 6.10 Å². The van der Waals surface area contributed by atoms with Gasteiger partial charge in [-0.1, -0.05) is 71.3 Å². The summed E-state index contributed by atoms with van der Waals surface area (Å²) < 4.78 is 5.80. The van der Waals surface area contributed by atoms with Crippen molar-refractivity contribution in [2.75, 3.05) is 4.90 Å². The third-order valence-corrected chi connectivity index (χ3v) is 5.43. The number of carbonyl (C=O) groups excluding carboxylic acids is 1. The van der Waals surface area contributed by atoms with Gasteiger partial charge in [0, 0.05) is 6.42 Å². The number of ether oxygens (including phenoxy) is 1. The minimum absolute atomic E-state index is 0.205. The van der Waals surface area contributed by atoms with Crippen LogP contribution in [0.4, 0.5) is 16.2 Å². The number of para-hydroxylation sites is 2. The molecule has 2 aromatic rings. The molecule has 0 aliphatic heterocycles. The van der Waals surface area contributed by atoms with E-state index in [-0.39, 0.29) is 12.2 Å². The molecular weight excluding hydrogens is 406 g/mol. The molecule has 1 atom stereocenters. The SMILES string of the molecule is CC(C)=CCC/C(C)=C/CC/C(C)=C\CC(C)OC(=O)N(c1ccccc1)c1ccccc1. The molecule has 3 nitrogen and oxygen atoms in total. The highest BCUT2D eigenvalue weighted by Crippen LogP contribution is 2.26. The Hall–Kier alpha value is -3.07. The molecule has 0 spiro atoms. The van der Waals surface area contributed by atoms with Crippen molar-refractivity contribution in [1.29, 1.82) is 0 Å². The smallest absolute Gasteiger partial charge is 0.419 e. The van der Waals surface area contributed by atoms with Gasteiger partial charge in [0.25, 0.3) is 0 Å². The molecule has 1 amide bonds. The Morgan fingerprint density at radius 1 is 0.788 bits per heavy atom. The first-order chi connectivity index (χ1) is 15.9. The van der Waals surface area contributed by atoms with Gasteiger partial charge in [-0.2, -0.15) is 0 Å². The second-order valence-corrected chi connectivity index (χ2v) is 8.90. The third kappa shape index (κ3) is 9.95. The van der Waals surface area contributed by atoms with Crippen LogP contribution in [0.3, 0.4) is 0 Å². The van der Waals surface area contributed by atoms with E-state index < -0.39 is 0 Å². The van der Waals surface area contributed by atoms with E-state index in [1.54, 1.807) is 4.90 Å². The molecule has 176 valence electrons. The van der Waals surface area contributed by atoms with Gasteiger partial charge in [0.05, 0.1) is 11.4 Å². The van der Waals surface area contributed by atoms with E-state index in [2.05, 4.69) is 45.9 Å². The van der Waals surface area contributed by atoms with Crippen molar-refractivity contribution in [3.63, 3.8) is 0 Å². The highest BCUT2D eigenvalue weighted by Gasteiger charge is 2.21. The van der Waals surface area contributed by atoms with Crippen molar-refractivity contribution in [2.45, 2.75) is 72.8 Å². The molecule has 0 heterocycles. The lowest BCUT2D eigenvalue weighted by Crippen LogP contribution is -2.29. The number of amides is 1. The highest BCUT2D eigenvalue weighted by molar-refractivity contribution is 5.96. The maximum atomic E-state index is 13.0. The minimum Gasteiger partial charge on any atom is -0.446 e. The molecule has 0 radical (unpaired) electrons. The topological polar surface area (TPSA) is 29.5 Å². The highest BCUT2D eigenvalue weighted by atomic mass is 16.6. The molecule has 0 aliphatic carbocycles. The third-order valence-electron chi connectivity index (χ3n) is 5.43. The average molecular weight is 446 g/mol. The Morgan fingerprint density at radius 3 is 1.79 bits per heavy atom. The predicted octanol–water partition coefficient (Wildman–Crippen LogP) is 9.16. The van der Waals surface area contributed by atoms with Crippen molar-refractivity contribution in [1.82, 2.24) is 0 Å². The van der Waals surface area contributed by atoms with Gasteiger partial charge < -0.3 is 4.74 Å². The van der Waals surface area contributed by atoms with E-state index in [1.165, 1.54) is 16.7 Å². The fourth-order valence-electron chi connectivity index (χ4n) is 3.49. The quantitative estimate of drug-likeness (QED) is 0.323. The first-order valence-electron chi connectivity index (χ1n) is 11.9. The van der Waals surface area contributed by atoms with Crippen molar-refractivity contribution >= 4 is 17.5 Å². The first kappa shape index (κ1) is 26.2. The van der Waals surface area contributed by atoms with Gasteiger partial charge in [-0.25, -0.2) is 9.69 Å². The maximum absolute atomic E-state index is 13.0. The summed E-state index contributed by atoms with van der Waals surface area (Å²) in [6, 6.07) is 19.2. The zero-order valence-electron chi connectivity index (χ0n) is 20.9. The molecule has 1 unspecified atom stereocenters. The standard InChI is InChI=1S/C30H39NO2/c1-24(2)14-12-15-25(3)16-13-17-26(4)22-23-27(5)33-30(32)31(28-18-8-6-9-19-28)29-20-10-7-11-21-29/h6-11,14,16,18-22,27H,12-13,15,17,23H2,1-5H3/b25-16+,26-22-. The zero-order valence-corrected chi connectivity index (χ0v) is 20.9. The van der Waals surface area contributed by atoms with Gasteiger partial charge in [-0.05, 0) is 84.6 Å². The number of rotatable bonds is 11. The van der Waals surface area contributed by atoms with Crippen LogP contribution < -0.4 is 4.90 Å². The van der Waals surface area contributed by atoms with E-state index in [4.69, 9.17) is 4.74 Å². The average Bonchev–Trinajstić information content (AvgIpc) is 2.79. The predicted molar refractivity (Wildman–Crippen MR) is 141 cm³/mol. The van der Waals surface area contributed by atoms with Crippen LogP contribution in [-0.4, -0.2) is 12.2 Å². The van der Waals surface area contributed by atoms with Gasteiger partial charge in [0.2, 0.25) is 0 Å². The van der Waals surface area contributed by atoms with Crippen molar-refractivity contribution in [2.24, 2.45) is 0 Å². The molecule has 0 bridgehead atoms. The van der Waals surface area contributed by atoms with E-state index >= 15 is 0 Å². The van der Waals surface area contributed by atoms with Crippen molar-refractivity contribution < 1.29 is 9.53 Å². The van der Waals surface area contributed by atoms with E-state index in [0.717, 1.165) is 37.1 Å². The molecule has 33 heavy (non-hydrogen) atoms. The van der Waals surface area contributed by atoms with Gasteiger partial charge in [0.15, 0.2) is 0 Å². The normalized spacial score (nSPS) is 12.8. The Labute approximate surface area is 200 Å². The Kier molecular flexibility index (Phi) is 11.2. The van der Waals surface area contributed by atoms with E-state index in [1.807, 2.05) is 67.6 Å². The number of nitrogens with zero attached hydrogens (tertiary/aromatic N) is 1. The fourth-order valence-corrected chi connectivity index (χ4v) is 3.49. The van der Waals surface area contributed by atoms with Crippen LogP contribution >= 0.6 is 0 Å². The van der Waals surface area contributed by atoms with Crippen LogP contribution in [0.15, 0.2) is 95.6 Å². The molecule has 0 aliphatic rings. The van der Waals surface area contributed by atoms with Crippen LogP contribution in [0.1, 0.15) is 66.7 Å². The molecule has 2 rings (SSSR count). The second kappa shape index (κ2) is 14.2. The minimum atomic E-state index is -0.360. The number of hydrogen-bond acceptors (Lipinski definition) is 2. The molecule has 0 fully saturated rings. The summed E-state index contributed by atoms with van der Waals surface area (Å²) in [6.45, 7) is 10.6. The molecule has 0 saturated carbocycles. The maximum Gasteiger partial charge on any atom is 0.419 e. The van der Waals surface area contributed by atoms with Gasteiger partial charge >= 0.3 is 6.09 Å². The van der Waals surface area contributed by atoms with Crippen molar-refractivity contribution in [3.8, 4) is 0 Å². The summed E-state index contributed by atoms with van der Waals surface area (Å²) >= 11 is 0. The largest absolute Gasteiger partial charge is 0.446 e. The molecule has 3 heteroatoms. The molecule has 0 aromatic heterocycles. The fraction of sp³-hybridized carbons (Fsp3) is 0.367. The number of allylic oxidation sites excluding steroid dienone is 5. The lowest BCUT2D eigenvalue weighted by molar-refractivity contribution is 0.117. The summed E-state index contributed by atoms with van der Waals surface area (Å²) in [6.07, 6.45) is 11.3. The summed E-state index contributed by atoms with van der Waals surface area (Å²) in [5.41, 5.74) is 5.74. The number of anilines is 2. The van der Waals surface area contributed by atoms with Crippen LogP contribution in [0.25, 0.3) is 0 Å². The summed E-state index contributed by atoms with van der Waals surface area (Å²) in [5.74, 6) is 0. The number of hydrogen-bond donors (Lipinski definition) is 0. The van der Waals surface area contributed by atoms with E-state index in [0.29, 0.717) is 6.42 Å². The Balaban J connectivity index is 1.89. The Morgan fingerprint density at radius 2 is 1.27 bits per heavy atom. The van der Waals surface area contributed by atoms with Gasteiger partial charge in [-0.15, -0.1) is 0 Å². The van der Waals surface area contributed by atoms with Crippen LogP contribution in [-0.2, 0) is 4.74 Å².